The van der Waals surface area contributed by atoms with Crippen molar-refractivity contribution < 1.29 is 9.90 Å². The van der Waals surface area contributed by atoms with Gasteiger partial charge in [0.05, 0.1) is 11.2 Å². The smallest absolute Gasteiger partial charge is 0.253 e. The minimum Gasteiger partial charge on any atom is -0.399 e. The monoisotopic (exact) mass is 290 g/mol. The van der Waals surface area contributed by atoms with Gasteiger partial charge in [-0.3, -0.25) is 4.79 Å². The van der Waals surface area contributed by atoms with Crippen molar-refractivity contribution in [3.05, 3.63) is 30.0 Å². The minimum atomic E-state index is -0.982. The number of rotatable bonds is 5. The summed E-state index contributed by atoms with van der Waals surface area (Å²) in [4.78, 5) is 17.2. The molecule has 2 rings (SSSR count). The highest BCUT2D eigenvalue weighted by molar-refractivity contribution is 6.07. The molecule has 0 aliphatic rings. The first kappa shape index (κ1) is 15.3. The molecule has 2 aromatic rings. The number of carbonyl (C=O) groups excluding carboxylic acids is 1. The lowest BCUT2D eigenvalue weighted by Crippen LogP contribution is -2.47. The Morgan fingerprint density at radius 2 is 2.19 bits per heavy atom. The molecule has 0 saturated carbocycles. The molecule has 0 saturated heterocycles. The highest BCUT2D eigenvalue weighted by atomic mass is 16.3. The van der Waals surface area contributed by atoms with Crippen LogP contribution < -0.4 is 11.1 Å². The van der Waals surface area contributed by atoms with Crippen LogP contribution in [-0.2, 0) is 0 Å². The molecule has 5 N–H and O–H groups in total. The highest BCUT2D eigenvalue weighted by Crippen LogP contribution is 2.21. The number of H-pyrrole nitrogens is 1. The van der Waals surface area contributed by atoms with Crippen LogP contribution in [0, 0.1) is 0 Å². The number of carbonyl (C=O) groups is 1. The van der Waals surface area contributed by atoms with Crippen molar-refractivity contribution in [2.24, 2.45) is 0 Å². The van der Waals surface area contributed by atoms with Gasteiger partial charge in [-0.1, -0.05) is 0 Å². The molecule has 0 aliphatic carbocycles. The minimum absolute atomic E-state index is 0.180. The number of anilines is 1. The third-order valence-electron chi connectivity index (χ3n) is 3.24. The standard InChI is InChI=1S/C15H22N4O2/c1-15(21,9-19(2)3)8-18-14(20)12-7-17-13-5-4-10(16)6-11(12)13/h4-7,17,21H,8-9,16H2,1-3H3,(H,18,20). The Bertz CT molecular complexity index is 646. The van der Waals surface area contributed by atoms with Gasteiger partial charge in [0.15, 0.2) is 0 Å². The van der Waals surface area contributed by atoms with Gasteiger partial charge in [-0.25, -0.2) is 0 Å². The summed E-state index contributed by atoms with van der Waals surface area (Å²) < 4.78 is 0. The second kappa shape index (κ2) is 5.75. The molecule has 0 spiro atoms. The van der Waals surface area contributed by atoms with E-state index in [2.05, 4.69) is 10.3 Å². The molecule has 1 unspecified atom stereocenters. The summed E-state index contributed by atoms with van der Waals surface area (Å²) >= 11 is 0. The summed E-state index contributed by atoms with van der Waals surface area (Å²) in [6, 6.07) is 5.38. The number of hydrogen-bond donors (Lipinski definition) is 4. The third kappa shape index (κ3) is 3.74. The SMILES string of the molecule is CN(C)CC(C)(O)CNC(=O)c1c[nH]c2ccc(N)cc12. The summed E-state index contributed by atoms with van der Waals surface area (Å²) in [5.41, 5.74) is 6.77. The van der Waals surface area contributed by atoms with Gasteiger partial charge in [-0.05, 0) is 39.2 Å². The van der Waals surface area contributed by atoms with Crippen molar-refractivity contribution in [1.82, 2.24) is 15.2 Å². The molecule has 1 amide bonds. The largest absolute Gasteiger partial charge is 0.399 e. The van der Waals surface area contributed by atoms with Crippen LogP contribution in [-0.4, -0.2) is 53.7 Å². The van der Waals surface area contributed by atoms with Gasteiger partial charge >= 0.3 is 0 Å². The van der Waals surface area contributed by atoms with Crippen LogP contribution in [0.15, 0.2) is 24.4 Å². The lowest BCUT2D eigenvalue weighted by Gasteiger charge is -2.27. The van der Waals surface area contributed by atoms with Crippen LogP contribution in [0.4, 0.5) is 5.69 Å². The van der Waals surface area contributed by atoms with Crippen molar-refractivity contribution in [2.75, 3.05) is 32.9 Å². The number of benzene rings is 1. The number of hydrogen-bond acceptors (Lipinski definition) is 4. The van der Waals surface area contributed by atoms with Gasteiger partial charge in [0, 0.05) is 35.9 Å². The van der Waals surface area contributed by atoms with Crippen molar-refractivity contribution in [2.45, 2.75) is 12.5 Å². The first-order valence-electron chi connectivity index (χ1n) is 6.80. The maximum absolute atomic E-state index is 12.3. The van der Waals surface area contributed by atoms with Crippen LogP contribution in [0.5, 0.6) is 0 Å². The van der Waals surface area contributed by atoms with E-state index in [1.165, 1.54) is 0 Å². The average Bonchev–Trinajstić information content (AvgIpc) is 2.77. The molecular formula is C15H22N4O2. The van der Waals surface area contributed by atoms with Crippen LogP contribution in [0.3, 0.4) is 0 Å². The molecule has 21 heavy (non-hydrogen) atoms. The summed E-state index contributed by atoms with van der Waals surface area (Å²) in [6.07, 6.45) is 1.65. The fourth-order valence-electron chi connectivity index (χ4n) is 2.43. The van der Waals surface area contributed by atoms with Gasteiger partial charge in [0.2, 0.25) is 0 Å². The zero-order valence-electron chi connectivity index (χ0n) is 12.6. The predicted octanol–water partition coefficient (Wildman–Crippen LogP) is 0.792. The molecule has 0 bridgehead atoms. The Hall–Kier alpha value is -2.05. The van der Waals surface area contributed by atoms with Crippen molar-refractivity contribution in [3.8, 4) is 0 Å². The summed E-state index contributed by atoms with van der Waals surface area (Å²) in [5.74, 6) is -0.231. The Balaban J connectivity index is 2.11. The molecule has 0 radical (unpaired) electrons. The quantitative estimate of drug-likeness (QED) is 0.612. The van der Waals surface area contributed by atoms with Crippen molar-refractivity contribution in [1.29, 1.82) is 0 Å². The van der Waals surface area contributed by atoms with E-state index in [1.54, 1.807) is 25.3 Å². The number of aromatic amines is 1. The van der Waals surface area contributed by atoms with Crippen LogP contribution in [0.1, 0.15) is 17.3 Å². The number of fused-ring (bicyclic) bond motifs is 1. The molecule has 1 aromatic carbocycles. The lowest BCUT2D eigenvalue weighted by molar-refractivity contribution is 0.0326. The molecule has 6 heteroatoms. The van der Waals surface area contributed by atoms with Crippen molar-refractivity contribution in [3.63, 3.8) is 0 Å². The number of nitrogens with two attached hydrogens (primary N) is 1. The average molecular weight is 290 g/mol. The molecule has 114 valence electrons. The first-order chi connectivity index (χ1) is 9.78. The Morgan fingerprint density at radius 1 is 1.48 bits per heavy atom. The van der Waals surface area contributed by atoms with E-state index >= 15 is 0 Å². The van der Waals surface area contributed by atoms with Gasteiger partial charge in [0.25, 0.3) is 5.91 Å². The number of aliphatic hydroxyl groups is 1. The summed E-state index contributed by atoms with van der Waals surface area (Å²) in [6.45, 7) is 2.34. The molecule has 6 nitrogen and oxygen atoms in total. The Morgan fingerprint density at radius 3 is 2.86 bits per heavy atom. The number of amides is 1. The van der Waals surface area contributed by atoms with E-state index in [4.69, 9.17) is 5.73 Å². The van der Waals surface area contributed by atoms with E-state index in [0.29, 0.717) is 17.8 Å². The summed E-state index contributed by atoms with van der Waals surface area (Å²) in [7, 11) is 3.75. The molecular weight excluding hydrogens is 268 g/mol. The molecule has 0 fully saturated rings. The van der Waals surface area contributed by atoms with Crippen LogP contribution in [0.25, 0.3) is 10.9 Å². The van der Waals surface area contributed by atoms with Crippen LogP contribution in [0.2, 0.25) is 0 Å². The van der Waals surface area contributed by atoms with E-state index in [0.717, 1.165) is 10.9 Å². The van der Waals surface area contributed by atoms with E-state index in [-0.39, 0.29) is 12.5 Å². The van der Waals surface area contributed by atoms with Gasteiger partial charge < -0.3 is 26.0 Å². The van der Waals surface area contributed by atoms with Gasteiger partial charge in [-0.15, -0.1) is 0 Å². The normalized spacial score (nSPS) is 14.3. The number of nitrogens with one attached hydrogen (secondary N) is 2. The molecule has 0 aliphatic heterocycles. The first-order valence-corrected chi connectivity index (χ1v) is 6.80. The number of nitrogen functional groups attached to an aromatic ring is 1. The maximum Gasteiger partial charge on any atom is 0.253 e. The number of likely N-dealkylation sites (N-methyl/N-ethyl adjacent to an activating group) is 1. The maximum atomic E-state index is 12.3. The zero-order chi connectivity index (χ0) is 15.6. The second-order valence-corrected chi connectivity index (χ2v) is 5.92. The molecule has 1 heterocycles. The van der Waals surface area contributed by atoms with Gasteiger partial charge in [-0.2, -0.15) is 0 Å². The van der Waals surface area contributed by atoms with E-state index in [9.17, 15) is 9.90 Å². The Kier molecular flexibility index (Phi) is 4.20. The third-order valence-corrected chi connectivity index (χ3v) is 3.24. The van der Waals surface area contributed by atoms with E-state index < -0.39 is 5.60 Å². The number of aromatic nitrogens is 1. The van der Waals surface area contributed by atoms with Crippen LogP contribution >= 0.6 is 0 Å². The lowest BCUT2D eigenvalue weighted by atomic mass is 10.1. The second-order valence-electron chi connectivity index (χ2n) is 5.92. The number of nitrogens with zero attached hydrogens (tertiary/aromatic N) is 1. The Labute approximate surface area is 123 Å². The zero-order valence-corrected chi connectivity index (χ0v) is 12.6. The molecule has 1 aromatic heterocycles. The topological polar surface area (TPSA) is 94.4 Å². The fourth-order valence-corrected chi connectivity index (χ4v) is 2.43. The van der Waals surface area contributed by atoms with Crippen molar-refractivity contribution >= 4 is 22.5 Å². The fraction of sp³-hybridized carbons (Fsp3) is 0.400. The highest BCUT2D eigenvalue weighted by Gasteiger charge is 2.23. The summed E-state index contributed by atoms with van der Waals surface area (Å²) in [5, 5.41) is 13.7. The van der Waals surface area contributed by atoms with Gasteiger partial charge in [0.1, 0.15) is 0 Å². The van der Waals surface area contributed by atoms with E-state index in [1.807, 2.05) is 25.1 Å². The molecule has 1 atom stereocenters. The predicted molar refractivity (Wildman–Crippen MR) is 84.2 cm³/mol.